The number of anilines is 1. The minimum atomic E-state index is -3.64. The largest absolute Gasteiger partial charge is 0.263 e. The zero-order valence-corrected chi connectivity index (χ0v) is 12.1. The number of benzene rings is 1. The molecule has 0 radical (unpaired) electrons. The first kappa shape index (κ1) is 13.3. The predicted molar refractivity (Wildman–Crippen MR) is 74.2 cm³/mol. The number of aromatic nitrogens is 1. The third-order valence-electron chi connectivity index (χ3n) is 2.08. The van der Waals surface area contributed by atoms with Crippen LogP contribution >= 0.6 is 27.5 Å². The van der Waals surface area contributed by atoms with E-state index in [0.29, 0.717) is 5.02 Å². The van der Waals surface area contributed by atoms with Crippen molar-refractivity contribution < 1.29 is 8.42 Å². The highest BCUT2D eigenvalue weighted by atomic mass is 79.9. The summed E-state index contributed by atoms with van der Waals surface area (Å²) in [7, 11) is -3.64. The van der Waals surface area contributed by atoms with Gasteiger partial charge in [-0.2, -0.15) is 0 Å². The van der Waals surface area contributed by atoms with E-state index in [9.17, 15) is 8.42 Å². The molecule has 4 nitrogen and oxygen atoms in total. The van der Waals surface area contributed by atoms with Gasteiger partial charge in [-0.25, -0.2) is 13.4 Å². The van der Waals surface area contributed by atoms with Crippen LogP contribution < -0.4 is 4.72 Å². The minimum Gasteiger partial charge on any atom is -0.263 e. The molecule has 1 aromatic heterocycles. The molecule has 94 valence electrons. The van der Waals surface area contributed by atoms with Crippen molar-refractivity contribution in [3.05, 3.63) is 52.1 Å². The van der Waals surface area contributed by atoms with E-state index < -0.39 is 10.0 Å². The number of halogens is 2. The van der Waals surface area contributed by atoms with Gasteiger partial charge >= 0.3 is 0 Å². The average Bonchev–Trinajstić information content (AvgIpc) is 2.29. The molecule has 1 N–H and O–H groups in total. The van der Waals surface area contributed by atoms with Gasteiger partial charge < -0.3 is 0 Å². The second kappa shape index (κ2) is 5.26. The van der Waals surface area contributed by atoms with Gasteiger partial charge in [0.15, 0.2) is 0 Å². The van der Waals surface area contributed by atoms with Crippen LogP contribution in [-0.4, -0.2) is 13.4 Å². The van der Waals surface area contributed by atoms with Gasteiger partial charge in [0.1, 0.15) is 5.82 Å². The van der Waals surface area contributed by atoms with E-state index in [0.717, 1.165) is 4.47 Å². The van der Waals surface area contributed by atoms with Crippen LogP contribution in [0.2, 0.25) is 5.02 Å². The fraction of sp³-hybridized carbons (Fsp3) is 0. The molecular weight excluding hydrogens is 340 g/mol. The standard InChI is InChI=1S/C11H8BrClN2O2S/c12-8-1-3-10(4-2-8)18(16,17)15-11-7-9(13)5-6-14-11/h1-7H,(H,14,15). The predicted octanol–water partition coefficient (Wildman–Crippen LogP) is 3.30. The highest BCUT2D eigenvalue weighted by molar-refractivity contribution is 9.10. The molecule has 2 aromatic rings. The molecule has 0 unspecified atom stereocenters. The Hall–Kier alpha value is -1.11. The van der Waals surface area contributed by atoms with Crippen LogP contribution in [0.15, 0.2) is 52.0 Å². The third-order valence-corrected chi connectivity index (χ3v) is 4.22. The summed E-state index contributed by atoms with van der Waals surface area (Å²) in [6.45, 7) is 0. The zero-order valence-electron chi connectivity index (χ0n) is 8.97. The summed E-state index contributed by atoms with van der Waals surface area (Å²) in [5, 5.41) is 0.415. The van der Waals surface area contributed by atoms with Gasteiger partial charge in [0.2, 0.25) is 0 Å². The van der Waals surface area contributed by atoms with Crippen LogP contribution in [0.25, 0.3) is 0 Å². The van der Waals surface area contributed by atoms with Gasteiger partial charge in [-0.1, -0.05) is 27.5 Å². The molecule has 0 aliphatic heterocycles. The molecule has 0 amide bonds. The highest BCUT2D eigenvalue weighted by Gasteiger charge is 2.14. The normalized spacial score (nSPS) is 11.2. The summed E-state index contributed by atoms with van der Waals surface area (Å²) in [5.74, 6) is 0.186. The molecule has 2 rings (SSSR count). The Morgan fingerprint density at radius 1 is 1.17 bits per heavy atom. The fourth-order valence-electron chi connectivity index (χ4n) is 1.27. The number of nitrogens with one attached hydrogen (secondary N) is 1. The fourth-order valence-corrected chi connectivity index (χ4v) is 2.69. The second-order valence-electron chi connectivity index (χ2n) is 3.42. The molecule has 1 aromatic carbocycles. The van der Waals surface area contributed by atoms with Gasteiger partial charge in [0.25, 0.3) is 10.0 Å². The Labute approximate surface area is 118 Å². The Balaban J connectivity index is 2.30. The molecule has 0 saturated heterocycles. The molecule has 0 spiro atoms. The summed E-state index contributed by atoms with van der Waals surface area (Å²) >= 11 is 9.00. The van der Waals surface area contributed by atoms with Gasteiger partial charge in [0.05, 0.1) is 4.90 Å². The average molecular weight is 348 g/mol. The van der Waals surface area contributed by atoms with Crippen LogP contribution in [-0.2, 0) is 10.0 Å². The third kappa shape index (κ3) is 3.22. The second-order valence-corrected chi connectivity index (χ2v) is 6.45. The maximum atomic E-state index is 12.0. The monoisotopic (exact) mass is 346 g/mol. The SMILES string of the molecule is O=S(=O)(Nc1cc(Cl)ccn1)c1ccc(Br)cc1. The molecule has 0 atom stereocenters. The van der Waals surface area contributed by atoms with E-state index in [1.165, 1.54) is 24.4 Å². The molecule has 0 bridgehead atoms. The number of nitrogens with zero attached hydrogens (tertiary/aromatic N) is 1. The Morgan fingerprint density at radius 3 is 2.44 bits per heavy atom. The minimum absolute atomic E-state index is 0.160. The Bertz CT molecular complexity index is 659. The highest BCUT2D eigenvalue weighted by Crippen LogP contribution is 2.19. The van der Waals surface area contributed by atoms with E-state index >= 15 is 0 Å². The maximum absolute atomic E-state index is 12.0. The molecule has 0 saturated carbocycles. The molecular formula is C11H8BrClN2O2S. The van der Waals surface area contributed by atoms with E-state index in [-0.39, 0.29) is 10.7 Å². The summed E-state index contributed by atoms with van der Waals surface area (Å²) in [6.07, 6.45) is 1.43. The van der Waals surface area contributed by atoms with Crippen molar-refractivity contribution in [1.29, 1.82) is 0 Å². The van der Waals surface area contributed by atoms with Crippen LogP contribution in [0, 0.1) is 0 Å². The van der Waals surface area contributed by atoms with Crippen molar-refractivity contribution in [3.8, 4) is 0 Å². The van der Waals surface area contributed by atoms with Gasteiger partial charge in [0, 0.05) is 21.8 Å². The zero-order chi connectivity index (χ0) is 13.2. The lowest BCUT2D eigenvalue weighted by atomic mass is 10.4. The van der Waals surface area contributed by atoms with Crippen LogP contribution in [0.1, 0.15) is 0 Å². The summed E-state index contributed by atoms with van der Waals surface area (Å²) in [6, 6.07) is 9.31. The van der Waals surface area contributed by atoms with Crippen molar-refractivity contribution in [2.24, 2.45) is 0 Å². The molecule has 0 fully saturated rings. The van der Waals surface area contributed by atoms with Crippen molar-refractivity contribution in [3.63, 3.8) is 0 Å². The first-order valence-electron chi connectivity index (χ1n) is 4.87. The number of sulfonamides is 1. The molecule has 1 heterocycles. The van der Waals surface area contributed by atoms with Crippen LogP contribution in [0.5, 0.6) is 0 Å². The maximum Gasteiger partial charge on any atom is 0.263 e. The Kier molecular flexibility index (Phi) is 3.89. The Morgan fingerprint density at radius 2 is 1.83 bits per heavy atom. The summed E-state index contributed by atoms with van der Waals surface area (Å²) in [5.41, 5.74) is 0. The number of hydrogen-bond donors (Lipinski definition) is 1. The molecule has 0 aliphatic rings. The topological polar surface area (TPSA) is 59.1 Å². The van der Waals surface area contributed by atoms with Crippen LogP contribution in [0.3, 0.4) is 0 Å². The lowest BCUT2D eigenvalue weighted by molar-refractivity contribution is 0.601. The number of rotatable bonds is 3. The van der Waals surface area contributed by atoms with E-state index in [2.05, 4.69) is 25.6 Å². The summed E-state index contributed by atoms with van der Waals surface area (Å²) < 4.78 is 27.2. The number of hydrogen-bond acceptors (Lipinski definition) is 3. The van der Waals surface area contributed by atoms with Crippen molar-refractivity contribution >= 4 is 43.4 Å². The van der Waals surface area contributed by atoms with Gasteiger partial charge in [-0.3, -0.25) is 4.72 Å². The van der Waals surface area contributed by atoms with Gasteiger partial charge in [-0.15, -0.1) is 0 Å². The van der Waals surface area contributed by atoms with E-state index in [1.54, 1.807) is 18.2 Å². The lowest BCUT2D eigenvalue weighted by Gasteiger charge is -2.07. The van der Waals surface area contributed by atoms with Crippen molar-refractivity contribution in [1.82, 2.24) is 4.98 Å². The molecule has 18 heavy (non-hydrogen) atoms. The first-order chi connectivity index (χ1) is 8.47. The van der Waals surface area contributed by atoms with Crippen molar-refractivity contribution in [2.45, 2.75) is 4.90 Å². The van der Waals surface area contributed by atoms with Crippen LogP contribution in [0.4, 0.5) is 5.82 Å². The molecule has 7 heteroatoms. The lowest BCUT2D eigenvalue weighted by Crippen LogP contribution is -2.13. The van der Waals surface area contributed by atoms with E-state index in [1.807, 2.05) is 0 Å². The quantitative estimate of drug-likeness (QED) is 0.927. The van der Waals surface area contributed by atoms with E-state index in [4.69, 9.17) is 11.6 Å². The number of pyridine rings is 1. The smallest absolute Gasteiger partial charge is 0.263 e. The van der Waals surface area contributed by atoms with Gasteiger partial charge in [-0.05, 0) is 30.3 Å². The van der Waals surface area contributed by atoms with Crippen molar-refractivity contribution in [2.75, 3.05) is 4.72 Å². The summed E-state index contributed by atoms with van der Waals surface area (Å²) in [4.78, 5) is 4.04. The molecule has 0 aliphatic carbocycles. The first-order valence-corrected chi connectivity index (χ1v) is 7.53.